The van der Waals surface area contributed by atoms with Crippen molar-refractivity contribution in [3.05, 3.63) is 72.8 Å². The standard InChI is InChI=1S/C43H55N5O6S/c1-8-31-25-43(31)39(51)46-55(52,53)42(21-22-42)20-12-10-9-11-15-29-16-13-17-30(23-29)33-18-14-19-34-36(33)44-40(48(34)27(2)3)54-32-24-35(37(49)45-43)47(26-32)38(50)28(4)41(5,6)7/h8-10,13-14,16-19,23,27-28,31-32,35H,1,11-12,15,20-22,24-26H2,2-7H3,(H,45,49)(H,46,51)/b10-9+/t28-,31-,32-,35+,43-/m1/s1. The number of imidazole rings is 1. The molecule has 7 rings (SSSR count). The summed E-state index contributed by atoms with van der Waals surface area (Å²) in [5, 5.41) is 2.93. The highest BCUT2D eigenvalue weighted by Gasteiger charge is 2.63. The van der Waals surface area contributed by atoms with Crippen molar-refractivity contribution < 1.29 is 27.5 Å². The molecule has 1 saturated heterocycles. The number of hydrogen-bond donors (Lipinski definition) is 2. The van der Waals surface area contributed by atoms with Gasteiger partial charge >= 0.3 is 0 Å². The third kappa shape index (κ3) is 7.22. The van der Waals surface area contributed by atoms with Gasteiger partial charge in [-0.1, -0.05) is 82.3 Å². The Morgan fingerprint density at radius 1 is 1.05 bits per heavy atom. The van der Waals surface area contributed by atoms with Crippen molar-refractivity contribution in [2.45, 2.75) is 121 Å². The number of ether oxygens (including phenoxy) is 1. The van der Waals surface area contributed by atoms with Crippen LogP contribution in [0.1, 0.15) is 98.1 Å². The zero-order valence-electron chi connectivity index (χ0n) is 32.9. The highest BCUT2D eigenvalue weighted by molar-refractivity contribution is 7.91. The number of aryl methyl sites for hydroxylation is 1. The van der Waals surface area contributed by atoms with Crippen LogP contribution in [0, 0.1) is 17.3 Å². The first-order valence-electron chi connectivity index (χ1n) is 19.7. The molecule has 3 aromatic rings. The maximum Gasteiger partial charge on any atom is 0.297 e. The predicted molar refractivity (Wildman–Crippen MR) is 214 cm³/mol. The number of rotatable bonds is 3. The minimum absolute atomic E-state index is 0.00899. The third-order valence-corrected chi connectivity index (χ3v) is 14.6. The van der Waals surface area contributed by atoms with Crippen LogP contribution in [0.25, 0.3) is 22.2 Å². The summed E-state index contributed by atoms with van der Waals surface area (Å²) in [5.41, 5.74) is 3.05. The molecule has 0 radical (unpaired) electrons. The lowest BCUT2D eigenvalue weighted by atomic mass is 9.81. The molecule has 294 valence electrons. The smallest absolute Gasteiger partial charge is 0.297 e. The Bertz CT molecular complexity index is 2160. The Morgan fingerprint density at radius 2 is 1.78 bits per heavy atom. The Kier molecular flexibility index (Phi) is 10.1. The van der Waals surface area contributed by atoms with E-state index in [-0.39, 0.29) is 36.8 Å². The van der Waals surface area contributed by atoms with E-state index in [1.165, 1.54) is 5.56 Å². The van der Waals surface area contributed by atoms with Gasteiger partial charge in [-0.3, -0.25) is 23.7 Å². The second-order valence-corrected chi connectivity index (χ2v) is 19.6. The Balaban J connectivity index is 1.29. The van der Waals surface area contributed by atoms with Crippen molar-refractivity contribution in [3.8, 4) is 17.1 Å². The summed E-state index contributed by atoms with van der Waals surface area (Å²) in [6, 6.07) is 14.0. The first kappa shape index (κ1) is 38.8. The zero-order valence-corrected chi connectivity index (χ0v) is 33.7. The van der Waals surface area contributed by atoms with Gasteiger partial charge in [-0.2, -0.15) is 4.98 Å². The van der Waals surface area contributed by atoms with Crippen LogP contribution in [0.5, 0.6) is 6.01 Å². The fraction of sp³-hybridized carbons (Fsp3) is 0.535. The summed E-state index contributed by atoms with van der Waals surface area (Å²) in [5.74, 6) is -2.38. The van der Waals surface area contributed by atoms with Gasteiger partial charge in [0, 0.05) is 29.9 Å². The lowest BCUT2D eigenvalue weighted by molar-refractivity contribution is -0.144. The largest absolute Gasteiger partial charge is 0.459 e. The van der Waals surface area contributed by atoms with Crippen molar-refractivity contribution in [2.75, 3.05) is 6.54 Å². The average molecular weight is 770 g/mol. The topological polar surface area (TPSA) is 140 Å². The van der Waals surface area contributed by atoms with E-state index in [2.05, 4.69) is 71.4 Å². The molecule has 2 spiro atoms. The first-order valence-corrected chi connectivity index (χ1v) is 21.2. The summed E-state index contributed by atoms with van der Waals surface area (Å²) < 4.78 is 37.6. The van der Waals surface area contributed by atoms with E-state index in [0.29, 0.717) is 31.7 Å². The van der Waals surface area contributed by atoms with E-state index in [4.69, 9.17) is 9.72 Å². The highest BCUT2D eigenvalue weighted by atomic mass is 32.2. The molecule has 11 nitrogen and oxygen atoms in total. The van der Waals surface area contributed by atoms with Crippen molar-refractivity contribution in [1.82, 2.24) is 24.5 Å². The van der Waals surface area contributed by atoms with E-state index < -0.39 is 56.1 Å². The molecule has 2 aliphatic heterocycles. The fourth-order valence-corrected chi connectivity index (χ4v) is 9.90. The van der Waals surface area contributed by atoms with Crippen LogP contribution < -0.4 is 14.8 Å². The third-order valence-electron chi connectivity index (χ3n) is 12.4. The summed E-state index contributed by atoms with van der Waals surface area (Å²) in [6.07, 6.45) is 9.00. The molecule has 3 heterocycles. The fourth-order valence-electron chi connectivity index (χ4n) is 8.23. The Morgan fingerprint density at radius 3 is 2.45 bits per heavy atom. The predicted octanol–water partition coefficient (Wildman–Crippen LogP) is 6.64. The van der Waals surface area contributed by atoms with Gasteiger partial charge in [0.1, 0.15) is 23.2 Å². The van der Waals surface area contributed by atoms with Gasteiger partial charge in [-0.05, 0) is 81.4 Å². The highest BCUT2D eigenvalue weighted by Crippen LogP contribution is 2.49. The molecular weight excluding hydrogens is 715 g/mol. The summed E-state index contributed by atoms with van der Waals surface area (Å²) in [4.78, 5) is 49.2. The maximum atomic E-state index is 14.4. The molecule has 2 aromatic carbocycles. The van der Waals surface area contributed by atoms with Crippen molar-refractivity contribution >= 4 is 38.8 Å². The number of allylic oxidation sites excluding steroid dienone is 2. The van der Waals surface area contributed by atoms with Crippen LogP contribution in [-0.4, -0.2) is 69.6 Å². The molecule has 2 N–H and O–H groups in total. The molecule has 5 atom stereocenters. The minimum Gasteiger partial charge on any atom is -0.459 e. The van der Waals surface area contributed by atoms with Gasteiger partial charge in [0.15, 0.2) is 0 Å². The first-order chi connectivity index (χ1) is 26.0. The van der Waals surface area contributed by atoms with Crippen molar-refractivity contribution in [2.24, 2.45) is 17.3 Å². The van der Waals surface area contributed by atoms with Crippen LogP contribution in [0.3, 0.4) is 0 Å². The number of fused-ring (bicyclic) bond motifs is 6. The van der Waals surface area contributed by atoms with Gasteiger partial charge in [0.2, 0.25) is 21.8 Å². The van der Waals surface area contributed by atoms with Crippen LogP contribution in [0.2, 0.25) is 0 Å². The number of likely N-dealkylation sites (tertiary alicyclic amines) is 1. The molecule has 2 aliphatic carbocycles. The zero-order chi connectivity index (χ0) is 39.5. The average Bonchev–Trinajstić information content (AvgIpc) is 3.99. The molecule has 6 bridgehead atoms. The molecule has 1 aromatic heterocycles. The maximum absolute atomic E-state index is 14.4. The van der Waals surface area contributed by atoms with E-state index in [1.807, 2.05) is 45.9 Å². The number of nitrogens with zero attached hydrogens (tertiary/aromatic N) is 3. The van der Waals surface area contributed by atoms with E-state index in [1.54, 1.807) is 11.0 Å². The number of aromatic nitrogens is 2. The molecule has 4 aliphatic rings. The lowest BCUT2D eigenvalue weighted by Crippen LogP contribution is -2.57. The minimum atomic E-state index is -4.04. The number of benzene rings is 2. The number of para-hydroxylation sites is 1. The SMILES string of the molecule is C=C[C@@H]1C[C@@]12NC(=O)[C@@H]1C[C@H](CN1C(=O)[C@@H](C)C(C)(C)C)Oc1nc3c(cccc3n1C(C)C)-c1cccc(c1)CC/C=C/CCC1(CC1)S(=O)(=O)NC2=O. The number of carbonyl (C=O) groups excluding carboxylic acids is 3. The molecular formula is C43H55N5O6S. The van der Waals surface area contributed by atoms with Crippen LogP contribution in [-0.2, 0) is 30.8 Å². The summed E-state index contributed by atoms with van der Waals surface area (Å²) in [7, 11) is -4.04. The van der Waals surface area contributed by atoms with E-state index >= 15 is 0 Å². The van der Waals surface area contributed by atoms with Crippen LogP contribution in [0.4, 0.5) is 0 Å². The molecule has 3 amide bonds. The normalized spacial score (nSPS) is 27.6. The second kappa shape index (κ2) is 14.2. The number of amides is 3. The molecule has 3 fully saturated rings. The van der Waals surface area contributed by atoms with Gasteiger partial charge < -0.3 is 15.0 Å². The molecule has 2 saturated carbocycles. The second-order valence-electron chi connectivity index (χ2n) is 17.5. The van der Waals surface area contributed by atoms with Crippen molar-refractivity contribution in [1.29, 1.82) is 0 Å². The quantitative estimate of drug-likeness (QED) is 0.285. The summed E-state index contributed by atoms with van der Waals surface area (Å²) in [6.45, 7) is 16.0. The van der Waals surface area contributed by atoms with Crippen LogP contribution >= 0.6 is 0 Å². The van der Waals surface area contributed by atoms with Crippen LogP contribution in [0.15, 0.2) is 67.3 Å². The Labute approximate surface area is 325 Å². The number of nitrogens with one attached hydrogen (secondary N) is 2. The van der Waals surface area contributed by atoms with Crippen molar-refractivity contribution in [3.63, 3.8) is 0 Å². The molecule has 55 heavy (non-hydrogen) atoms. The molecule has 12 heteroatoms. The number of sulfonamides is 1. The summed E-state index contributed by atoms with van der Waals surface area (Å²) >= 11 is 0. The van der Waals surface area contributed by atoms with Gasteiger partial charge in [-0.25, -0.2) is 8.42 Å². The van der Waals surface area contributed by atoms with E-state index in [9.17, 15) is 22.8 Å². The monoisotopic (exact) mass is 769 g/mol. The van der Waals surface area contributed by atoms with Gasteiger partial charge in [-0.15, -0.1) is 6.58 Å². The molecule has 0 unspecified atom stereocenters. The number of carbonyl (C=O) groups is 3. The Hall–Kier alpha value is -4.45. The number of hydrogen-bond acceptors (Lipinski definition) is 7. The van der Waals surface area contributed by atoms with E-state index in [0.717, 1.165) is 35.0 Å². The lowest BCUT2D eigenvalue weighted by Gasteiger charge is -2.33. The van der Waals surface area contributed by atoms with Gasteiger partial charge in [0.25, 0.3) is 11.9 Å². The van der Waals surface area contributed by atoms with Gasteiger partial charge in [0.05, 0.1) is 16.8 Å².